The van der Waals surface area contributed by atoms with Gasteiger partial charge in [-0.3, -0.25) is 0 Å². The van der Waals surface area contributed by atoms with Crippen molar-refractivity contribution >= 4 is 29.1 Å². The van der Waals surface area contributed by atoms with Crippen LogP contribution in [0.3, 0.4) is 0 Å². The normalized spacial score (nSPS) is 18.5. The van der Waals surface area contributed by atoms with Gasteiger partial charge in [-0.2, -0.15) is 0 Å². The number of alkyl halides is 1. The fourth-order valence-corrected chi connectivity index (χ4v) is 2.89. The summed E-state index contributed by atoms with van der Waals surface area (Å²) in [5, 5.41) is 15.5. The van der Waals surface area contributed by atoms with Crippen molar-refractivity contribution in [3.63, 3.8) is 0 Å². The predicted octanol–water partition coefficient (Wildman–Crippen LogP) is 2.94. The summed E-state index contributed by atoms with van der Waals surface area (Å²) in [5.41, 5.74) is 0.869. The molecule has 1 fully saturated rings. The Balaban J connectivity index is 2.00. The van der Waals surface area contributed by atoms with Crippen LogP contribution in [0.2, 0.25) is 0 Å². The fraction of sp³-hybridized carbons (Fsp3) is 0.611. The Kier molecular flexibility index (Phi) is 6.94. The van der Waals surface area contributed by atoms with Gasteiger partial charge in [0.25, 0.3) is 0 Å². The van der Waals surface area contributed by atoms with Crippen molar-refractivity contribution in [2.75, 3.05) is 35.7 Å². The fourth-order valence-electron chi connectivity index (χ4n) is 2.78. The minimum Gasteiger partial charge on any atom is -0.444 e. The average Bonchev–Trinajstić information content (AvgIpc) is 2.98. The van der Waals surface area contributed by atoms with Gasteiger partial charge in [0.05, 0.1) is 29.4 Å². The zero-order valence-corrected chi connectivity index (χ0v) is 16.1. The Labute approximate surface area is 158 Å². The number of nitrogens with one attached hydrogen (secondary N) is 2. The number of nitrogens with zero attached hydrogens (tertiary/aromatic N) is 1. The van der Waals surface area contributed by atoms with Gasteiger partial charge in [-0.15, -0.1) is 11.6 Å². The van der Waals surface area contributed by atoms with Crippen molar-refractivity contribution in [1.82, 2.24) is 5.32 Å². The van der Waals surface area contributed by atoms with Gasteiger partial charge in [-0.1, -0.05) is 0 Å². The Morgan fingerprint density at radius 1 is 1.50 bits per heavy atom. The summed E-state index contributed by atoms with van der Waals surface area (Å²) in [4.78, 5) is 14.0. The Bertz CT molecular complexity index is 624. The molecule has 1 saturated heterocycles. The topological polar surface area (TPSA) is 73.8 Å². The summed E-state index contributed by atoms with van der Waals surface area (Å²) >= 11 is 5.60. The molecule has 146 valence electrons. The van der Waals surface area contributed by atoms with E-state index in [1.807, 2.05) is 20.8 Å². The molecule has 1 aliphatic heterocycles. The first-order chi connectivity index (χ1) is 12.2. The number of benzene rings is 1. The van der Waals surface area contributed by atoms with Crippen LogP contribution in [0.25, 0.3) is 0 Å². The lowest BCUT2D eigenvalue weighted by molar-refractivity contribution is 0.0509. The molecule has 6 nitrogen and oxygen atoms in total. The molecule has 1 aliphatic rings. The minimum absolute atomic E-state index is 0.0452. The van der Waals surface area contributed by atoms with Crippen LogP contribution in [0.5, 0.6) is 0 Å². The van der Waals surface area contributed by atoms with Gasteiger partial charge in [-0.25, -0.2) is 9.18 Å². The molecule has 0 aliphatic carbocycles. The molecule has 8 heteroatoms. The first-order valence-electron chi connectivity index (χ1n) is 8.70. The van der Waals surface area contributed by atoms with E-state index < -0.39 is 17.8 Å². The number of rotatable bonds is 6. The largest absolute Gasteiger partial charge is 0.444 e. The number of ether oxygens (including phenoxy) is 1. The van der Waals surface area contributed by atoms with E-state index in [0.717, 1.165) is 18.7 Å². The third kappa shape index (κ3) is 6.21. The number of carbonyl (C=O) groups is 1. The Morgan fingerprint density at radius 2 is 2.23 bits per heavy atom. The lowest BCUT2D eigenvalue weighted by atomic mass is 10.2. The SMILES string of the molecule is CC(C)(C)OC(=O)NC1CCN(c2ccc(F)cc2NCC(O)CCl)C1. The number of hydrogen-bond acceptors (Lipinski definition) is 5. The maximum Gasteiger partial charge on any atom is 0.407 e. The lowest BCUT2D eigenvalue weighted by Crippen LogP contribution is -2.40. The van der Waals surface area contributed by atoms with E-state index in [-0.39, 0.29) is 24.3 Å². The predicted molar refractivity (Wildman–Crippen MR) is 102 cm³/mol. The second-order valence-corrected chi connectivity index (χ2v) is 7.74. The number of halogens is 2. The van der Waals surface area contributed by atoms with E-state index >= 15 is 0 Å². The molecule has 0 radical (unpaired) electrons. The van der Waals surface area contributed by atoms with Gasteiger partial charge in [0.2, 0.25) is 0 Å². The van der Waals surface area contributed by atoms with Crippen LogP contribution in [-0.4, -0.2) is 54.5 Å². The Hall–Kier alpha value is -1.73. The minimum atomic E-state index is -0.715. The zero-order chi connectivity index (χ0) is 19.3. The van der Waals surface area contributed by atoms with Crippen LogP contribution in [0, 0.1) is 5.82 Å². The molecule has 0 spiro atoms. The van der Waals surface area contributed by atoms with Crippen molar-refractivity contribution in [1.29, 1.82) is 0 Å². The van der Waals surface area contributed by atoms with Gasteiger partial charge < -0.3 is 25.4 Å². The lowest BCUT2D eigenvalue weighted by Gasteiger charge is -2.24. The highest BCUT2D eigenvalue weighted by Gasteiger charge is 2.27. The number of anilines is 2. The summed E-state index contributed by atoms with van der Waals surface area (Å²) in [7, 11) is 0. The maximum absolute atomic E-state index is 13.6. The Morgan fingerprint density at radius 3 is 2.88 bits per heavy atom. The van der Waals surface area contributed by atoms with Crippen LogP contribution in [0.4, 0.5) is 20.6 Å². The number of aliphatic hydroxyl groups excluding tert-OH is 1. The van der Waals surface area contributed by atoms with Gasteiger partial charge >= 0.3 is 6.09 Å². The van der Waals surface area contributed by atoms with E-state index in [9.17, 15) is 14.3 Å². The molecule has 1 amide bonds. The summed E-state index contributed by atoms with van der Waals surface area (Å²) < 4.78 is 18.9. The van der Waals surface area contributed by atoms with Crippen LogP contribution >= 0.6 is 11.6 Å². The van der Waals surface area contributed by atoms with E-state index in [0.29, 0.717) is 12.2 Å². The number of aliphatic hydroxyl groups is 1. The van der Waals surface area contributed by atoms with Crippen molar-refractivity contribution in [3.05, 3.63) is 24.0 Å². The summed E-state index contributed by atoms with van der Waals surface area (Å²) in [6, 6.07) is 4.44. The van der Waals surface area contributed by atoms with E-state index in [1.165, 1.54) is 12.1 Å². The third-order valence-electron chi connectivity index (χ3n) is 3.91. The van der Waals surface area contributed by atoms with Gasteiger partial charge in [0.1, 0.15) is 11.4 Å². The van der Waals surface area contributed by atoms with Crippen molar-refractivity contribution in [3.8, 4) is 0 Å². The summed E-state index contributed by atoms with van der Waals surface area (Å²) in [6.45, 7) is 7.00. The molecule has 2 unspecified atom stereocenters. The molecular weight excluding hydrogens is 361 g/mol. The highest BCUT2D eigenvalue weighted by Crippen LogP contribution is 2.30. The van der Waals surface area contributed by atoms with E-state index in [1.54, 1.807) is 6.07 Å². The first kappa shape index (κ1) is 20.6. The second kappa shape index (κ2) is 8.77. The monoisotopic (exact) mass is 387 g/mol. The molecule has 0 bridgehead atoms. The highest BCUT2D eigenvalue weighted by atomic mass is 35.5. The third-order valence-corrected chi connectivity index (χ3v) is 4.27. The molecule has 1 aromatic carbocycles. The molecule has 1 aromatic rings. The molecular formula is C18H27ClFN3O3. The average molecular weight is 388 g/mol. The van der Waals surface area contributed by atoms with Crippen LogP contribution in [-0.2, 0) is 4.74 Å². The maximum atomic E-state index is 13.6. The molecule has 26 heavy (non-hydrogen) atoms. The molecule has 2 atom stereocenters. The standard InChI is InChI=1S/C18H27ClFN3O3/c1-18(2,3)26-17(25)22-13-6-7-23(11-13)16-5-4-12(20)8-15(16)21-10-14(24)9-19/h4-5,8,13-14,21,24H,6-7,9-11H2,1-3H3,(H,22,25). The number of hydrogen-bond donors (Lipinski definition) is 3. The van der Waals surface area contributed by atoms with Crippen molar-refractivity contribution < 1.29 is 19.0 Å². The number of alkyl carbamates (subject to hydrolysis) is 1. The molecule has 0 aromatic heterocycles. The molecule has 0 saturated carbocycles. The number of amides is 1. The summed E-state index contributed by atoms with van der Waals surface area (Å²) in [6.07, 6.45) is -0.389. The quantitative estimate of drug-likeness (QED) is 0.654. The van der Waals surface area contributed by atoms with E-state index in [4.69, 9.17) is 16.3 Å². The summed E-state index contributed by atoms with van der Waals surface area (Å²) in [5.74, 6) is -0.261. The zero-order valence-electron chi connectivity index (χ0n) is 15.4. The molecule has 1 heterocycles. The van der Waals surface area contributed by atoms with Gasteiger partial charge in [-0.05, 0) is 45.4 Å². The van der Waals surface area contributed by atoms with Crippen molar-refractivity contribution in [2.24, 2.45) is 0 Å². The highest BCUT2D eigenvalue weighted by molar-refractivity contribution is 6.18. The van der Waals surface area contributed by atoms with Crippen LogP contribution in [0.15, 0.2) is 18.2 Å². The first-order valence-corrected chi connectivity index (χ1v) is 9.23. The van der Waals surface area contributed by atoms with Crippen LogP contribution < -0.4 is 15.5 Å². The second-order valence-electron chi connectivity index (χ2n) is 7.43. The number of carbonyl (C=O) groups excluding carboxylic acids is 1. The van der Waals surface area contributed by atoms with Gasteiger partial charge in [0, 0.05) is 19.6 Å². The van der Waals surface area contributed by atoms with E-state index in [2.05, 4.69) is 15.5 Å². The smallest absolute Gasteiger partial charge is 0.407 e. The molecule has 2 rings (SSSR count). The van der Waals surface area contributed by atoms with Crippen molar-refractivity contribution in [2.45, 2.75) is 44.9 Å². The van der Waals surface area contributed by atoms with Gasteiger partial charge in [0.15, 0.2) is 0 Å². The van der Waals surface area contributed by atoms with Crippen LogP contribution in [0.1, 0.15) is 27.2 Å². The molecule has 3 N–H and O–H groups in total.